The van der Waals surface area contributed by atoms with Gasteiger partial charge in [-0.05, 0) is 24.0 Å². The maximum Gasteiger partial charge on any atom is 0.406 e. The van der Waals surface area contributed by atoms with Crippen LogP contribution in [0.3, 0.4) is 0 Å². The van der Waals surface area contributed by atoms with Gasteiger partial charge in [0.15, 0.2) is 0 Å². The quantitative estimate of drug-likeness (QED) is 0.878. The molecule has 0 bridgehead atoms. The molecule has 0 aliphatic rings. The highest BCUT2D eigenvalue weighted by molar-refractivity contribution is 5.93. The number of aliphatic hydroxyl groups is 1. The van der Waals surface area contributed by atoms with Crippen LogP contribution in [0, 0.1) is 5.41 Å². The molecule has 0 radical (unpaired) electrons. The van der Waals surface area contributed by atoms with E-state index in [1.54, 1.807) is 0 Å². The van der Waals surface area contributed by atoms with Crippen molar-refractivity contribution in [3.63, 3.8) is 0 Å². The Morgan fingerprint density at radius 3 is 2.48 bits per heavy atom. The van der Waals surface area contributed by atoms with Crippen LogP contribution < -0.4 is 5.32 Å². The second-order valence-electron chi connectivity index (χ2n) is 6.04. The minimum absolute atomic E-state index is 0.0421. The first-order chi connectivity index (χ1) is 9.54. The number of aliphatic hydroxyl groups excluding tert-OH is 1. The summed E-state index contributed by atoms with van der Waals surface area (Å²) in [5, 5.41) is 11.7. The van der Waals surface area contributed by atoms with Crippen molar-refractivity contribution in [1.82, 2.24) is 9.88 Å². The van der Waals surface area contributed by atoms with Gasteiger partial charge in [-0.1, -0.05) is 20.8 Å². The molecule has 2 N–H and O–H groups in total. The normalized spacial score (nSPS) is 14.0. The van der Waals surface area contributed by atoms with Crippen LogP contribution in [-0.2, 0) is 6.54 Å². The summed E-state index contributed by atoms with van der Waals surface area (Å²) in [5.74, 6) is -0.572. The van der Waals surface area contributed by atoms with Crippen LogP contribution in [0.25, 0.3) is 0 Å². The molecule has 1 heterocycles. The van der Waals surface area contributed by atoms with Gasteiger partial charge in [0.25, 0.3) is 5.91 Å². The Balaban J connectivity index is 2.87. The second kappa shape index (κ2) is 6.51. The zero-order valence-corrected chi connectivity index (χ0v) is 12.4. The van der Waals surface area contributed by atoms with Crippen molar-refractivity contribution in [2.45, 2.75) is 46.0 Å². The van der Waals surface area contributed by atoms with Gasteiger partial charge in [-0.3, -0.25) is 4.79 Å². The summed E-state index contributed by atoms with van der Waals surface area (Å²) in [4.78, 5) is 12.2. The van der Waals surface area contributed by atoms with E-state index in [0.29, 0.717) is 6.42 Å². The van der Waals surface area contributed by atoms with E-state index >= 15 is 0 Å². The van der Waals surface area contributed by atoms with Crippen LogP contribution >= 0.6 is 0 Å². The fraction of sp³-hybridized carbons (Fsp3) is 0.643. The largest absolute Gasteiger partial charge is 0.406 e. The molecule has 0 aromatic carbocycles. The molecule has 7 heteroatoms. The van der Waals surface area contributed by atoms with E-state index in [2.05, 4.69) is 5.32 Å². The minimum atomic E-state index is -4.39. The van der Waals surface area contributed by atoms with Gasteiger partial charge in [-0.2, -0.15) is 13.2 Å². The van der Waals surface area contributed by atoms with E-state index in [1.165, 1.54) is 18.3 Å². The van der Waals surface area contributed by atoms with Gasteiger partial charge in [-0.15, -0.1) is 0 Å². The molecule has 0 aliphatic heterocycles. The van der Waals surface area contributed by atoms with Crippen molar-refractivity contribution in [1.29, 1.82) is 0 Å². The summed E-state index contributed by atoms with van der Waals surface area (Å²) in [7, 11) is 0. The lowest BCUT2D eigenvalue weighted by Gasteiger charge is -2.31. The molecule has 1 rings (SSSR count). The van der Waals surface area contributed by atoms with E-state index in [9.17, 15) is 18.0 Å². The van der Waals surface area contributed by atoms with Gasteiger partial charge in [0.1, 0.15) is 12.2 Å². The summed E-state index contributed by atoms with van der Waals surface area (Å²) < 4.78 is 38.2. The molecule has 1 atom stereocenters. The molecule has 21 heavy (non-hydrogen) atoms. The number of alkyl halides is 3. The summed E-state index contributed by atoms with van der Waals surface area (Å²) in [5.41, 5.74) is -0.348. The standard InChI is InChI=1S/C14H21F3N2O2/c1-13(2,3)11(6-8-20)18-12(21)10-5-4-7-19(10)9-14(15,16)17/h4-5,7,11,20H,6,8-9H2,1-3H3,(H,18,21). The van der Waals surface area contributed by atoms with E-state index in [0.717, 1.165) is 4.57 Å². The topological polar surface area (TPSA) is 54.3 Å². The van der Waals surface area contributed by atoms with Crippen LogP contribution in [0.4, 0.5) is 13.2 Å². The molecule has 120 valence electrons. The smallest absolute Gasteiger partial charge is 0.396 e. The maximum absolute atomic E-state index is 12.4. The summed E-state index contributed by atoms with van der Waals surface area (Å²) >= 11 is 0. The number of carbonyl (C=O) groups is 1. The lowest BCUT2D eigenvalue weighted by Crippen LogP contribution is -2.45. The maximum atomic E-state index is 12.4. The Morgan fingerprint density at radius 2 is 2.00 bits per heavy atom. The van der Waals surface area contributed by atoms with Crippen LogP contribution in [0.1, 0.15) is 37.7 Å². The third-order valence-electron chi connectivity index (χ3n) is 3.18. The summed E-state index contributed by atoms with van der Waals surface area (Å²) in [6, 6.07) is 2.42. The zero-order valence-electron chi connectivity index (χ0n) is 12.4. The average molecular weight is 306 g/mol. The molecular weight excluding hydrogens is 285 g/mol. The first kappa shape index (κ1) is 17.6. The molecular formula is C14H21F3N2O2. The lowest BCUT2D eigenvalue weighted by molar-refractivity contribution is -0.140. The number of carbonyl (C=O) groups excluding carboxylic acids is 1. The van der Waals surface area contributed by atoms with Gasteiger partial charge in [0.2, 0.25) is 0 Å². The van der Waals surface area contributed by atoms with Gasteiger partial charge in [0.05, 0.1) is 0 Å². The zero-order chi connectivity index (χ0) is 16.3. The number of rotatable bonds is 5. The SMILES string of the molecule is CC(C)(C)C(CCO)NC(=O)c1cccn1CC(F)(F)F. The second-order valence-corrected chi connectivity index (χ2v) is 6.04. The fourth-order valence-electron chi connectivity index (χ4n) is 2.03. The number of hydrogen-bond donors (Lipinski definition) is 2. The predicted octanol–water partition coefficient (Wildman–Crippen LogP) is 2.58. The molecule has 1 aromatic heterocycles. The van der Waals surface area contributed by atoms with Crippen molar-refractivity contribution in [2.24, 2.45) is 5.41 Å². The highest BCUT2D eigenvalue weighted by Gasteiger charge is 2.31. The Kier molecular flexibility index (Phi) is 5.44. The van der Waals surface area contributed by atoms with E-state index in [1.807, 2.05) is 20.8 Å². The van der Waals surface area contributed by atoms with Crippen molar-refractivity contribution in [3.05, 3.63) is 24.0 Å². The lowest BCUT2D eigenvalue weighted by atomic mass is 9.85. The van der Waals surface area contributed by atoms with Gasteiger partial charge in [0, 0.05) is 18.8 Å². The molecule has 0 fully saturated rings. The summed E-state index contributed by atoms with van der Waals surface area (Å²) in [6.45, 7) is 4.36. The van der Waals surface area contributed by atoms with Crippen LogP contribution in [0.2, 0.25) is 0 Å². The third-order valence-corrected chi connectivity index (χ3v) is 3.18. The van der Waals surface area contributed by atoms with Gasteiger partial charge in [-0.25, -0.2) is 0 Å². The first-order valence-electron chi connectivity index (χ1n) is 6.68. The number of nitrogens with one attached hydrogen (secondary N) is 1. The molecule has 1 unspecified atom stereocenters. The van der Waals surface area contributed by atoms with Crippen molar-refractivity contribution in [2.75, 3.05) is 6.61 Å². The summed E-state index contributed by atoms with van der Waals surface area (Å²) in [6.07, 6.45) is -2.82. The molecule has 0 saturated carbocycles. The van der Waals surface area contributed by atoms with E-state index < -0.39 is 18.6 Å². The monoisotopic (exact) mass is 306 g/mol. The van der Waals surface area contributed by atoms with E-state index in [-0.39, 0.29) is 23.8 Å². The van der Waals surface area contributed by atoms with E-state index in [4.69, 9.17) is 5.11 Å². The molecule has 4 nitrogen and oxygen atoms in total. The Morgan fingerprint density at radius 1 is 1.38 bits per heavy atom. The van der Waals surface area contributed by atoms with Crippen molar-refractivity contribution < 1.29 is 23.1 Å². The Hall–Kier alpha value is -1.50. The average Bonchev–Trinajstić information content (AvgIpc) is 2.72. The number of amides is 1. The number of nitrogens with zero attached hydrogens (tertiary/aromatic N) is 1. The van der Waals surface area contributed by atoms with Crippen LogP contribution in [-0.4, -0.2) is 34.4 Å². The third kappa shape index (κ3) is 5.41. The number of hydrogen-bond acceptors (Lipinski definition) is 2. The molecule has 1 amide bonds. The first-order valence-corrected chi connectivity index (χ1v) is 6.68. The van der Waals surface area contributed by atoms with Crippen molar-refractivity contribution >= 4 is 5.91 Å². The molecule has 0 saturated heterocycles. The van der Waals surface area contributed by atoms with Gasteiger partial charge < -0.3 is 15.0 Å². The van der Waals surface area contributed by atoms with Gasteiger partial charge >= 0.3 is 6.18 Å². The van der Waals surface area contributed by atoms with Crippen molar-refractivity contribution in [3.8, 4) is 0 Å². The molecule has 0 spiro atoms. The number of halogens is 3. The van der Waals surface area contributed by atoms with Crippen LogP contribution in [0.15, 0.2) is 18.3 Å². The Bertz CT molecular complexity index is 475. The highest BCUT2D eigenvalue weighted by atomic mass is 19.4. The fourth-order valence-corrected chi connectivity index (χ4v) is 2.03. The molecule has 0 aliphatic carbocycles. The highest BCUT2D eigenvalue weighted by Crippen LogP contribution is 2.23. The number of aromatic nitrogens is 1. The Labute approximate surface area is 122 Å². The van der Waals surface area contributed by atoms with Crippen LogP contribution in [0.5, 0.6) is 0 Å². The predicted molar refractivity (Wildman–Crippen MR) is 72.9 cm³/mol. The molecule has 1 aromatic rings. The minimum Gasteiger partial charge on any atom is -0.396 e.